The fourth-order valence-corrected chi connectivity index (χ4v) is 7.60. The Kier molecular flexibility index (Phi) is 9.36. The largest absolute Gasteiger partial charge is 0.324 e. The highest BCUT2D eigenvalue weighted by molar-refractivity contribution is 7.91. The molecule has 0 bridgehead atoms. The second kappa shape index (κ2) is 12.6. The first kappa shape index (κ1) is 29.8. The molecular formula is C31H43N5O3S. The summed E-state index contributed by atoms with van der Waals surface area (Å²) in [5, 5.41) is 13.4. The van der Waals surface area contributed by atoms with Gasteiger partial charge in [0.25, 0.3) is 0 Å². The number of benzene rings is 2. The molecule has 1 atom stereocenters. The summed E-state index contributed by atoms with van der Waals surface area (Å²) >= 11 is 0. The standard InChI is InChI=1S/C31H43N5O3S/c1-6-7-20-40(38,39)29(23-16-18-32-19-17-23)25-10-8-9-11-26(25)33-30(37)34-28-21-27(31(3,4)5)35-36(28)24-14-12-22(2)13-15-24/h8-15,21,23,29,32H,6-7,16-20H2,1-5H3,(H2,33,34,37). The van der Waals surface area contributed by atoms with E-state index in [4.69, 9.17) is 5.10 Å². The highest BCUT2D eigenvalue weighted by atomic mass is 32.2. The summed E-state index contributed by atoms with van der Waals surface area (Å²) in [4.78, 5) is 13.4. The zero-order valence-electron chi connectivity index (χ0n) is 24.3. The van der Waals surface area contributed by atoms with Gasteiger partial charge in [-0.15, -0.1) is 0 Å². The number of nitrogens with zero attached hydrogens (tertiary/aromatic N) is 2. The van der Waals surface area contributed by atoms with E-state index in [1.54, 1.807) is 10.7 Å². The molecule has 8 nitrogen and oxygen atoms in total. The van der Waals surface area contributed by atoms with Gasteiger partial charge in [-0.2, -0.15) is 5.10 Å². The van der Waals surface area contributed by atoms with E-state index in [0.29, 0.717) is 23.5 Å². The Bertz CT molecular complexity index is 1400. The summed E-state index contributed by atoms with van der Waals surface area (Å²) in [6, 6.07) is 16.7. The van der Waals surface area contributed by atoms with Crippen LogP contribution in [-0.2, 0) is 15.3 Å². The van der Waals surface area contributed by atoms with Gasteiger partial charge < -0.3 is 10.6 Å². The molecule has 40 heavy (non-hydrogen) atoms. The van der Waals surface area contributed by atoms with E-state index < -0.39 is 21.1 Å². The first-order valence-electron chi connectivity index (χ1n) is 14.3. The van der Waals surface area contributed by atoms with Gasteiger partial charge in [-0.3, -0.25) is 5.32 Å². The summed E-state index contributed by atoms with van der Waals surface area (Å²) in [5.74, 6) is 0.671. The quantitative estimate of drug-likeness (QED) is 0.279. The van der Waals surface area contributed by atoms with Crippen molar-refractivity contribution < 1.29 is 13.2 Å². The number of carbonyl (C=O) groups excluding carboxylic acids is 1. The van der Waals surface area contributed by atoms with Crippen molar-refractivity contribution in [3.05, 3.63) is 71.4 Å². The highest BCUT2D eigenvalue weighted by Gasteiger charge is 2.36. The van der Waals surface area contributed by atoms with Crippen molar-refractivity contribution in [1.29, 1.82) is 0 Å². The van der Waals surface area contributed by atoms with Gasteiger partial charge in [0.1, 0.15) is 5.82 Å². The van der Waals surface area contributed by atoms with Gasteiger partial charge in [0, 0.05) is 17.2 Å². The molecule has 1 aromatic heterocycles. The zero-order chi connectivity index (χ0) is 28.9. The minimum absolute atomic E-state index is 0.00793. The third-order valence-corrected chi connectivity index (χ3v) is 9.77. The number of sulfone groups is 1. The van der Waals surface area contributed by atoms with Crippen molar-refractivity contribution in [3.8, 4) is 5.69 Å². The van der Waals surface area contributed by atoms with Gasteiger partial charge in [0.2, 0.25) is 0 Å². The number of unbranched alkanes of at least 4 members (excludes halogenated alkanes) is 1. The van der Waals surface area contributed by atoms with Crippen molar-refractivity contribution in [1.82, 2.24) is 15.1 Å². The molecule has 2 amide bonds. The van der Waals surface area contributed by atoms with Crippen LogP contribution in [0.25, 0.3) is 5.69 Å². The molecule has 1 aliphatic heterocycles. The van der Waals surface area contributed by atoms with Crippen LogP contribution < -0.4 is 16.0 Å². The van der Waals surface area contributed by atoms with Crippen molar-refractivity contribution in [2.24, 2.45) is 5.92 Å². The lowest BCUT2D eigenvalue weighted by molar-refractivity contribution is 0.262. The second-order valence-corrected chi connectivity index (χ2v) is 14.0. The Labute approximate surface area is 238 Å². The summed E-state index contributed by atoms with van der Waals surface area (Å²) < 4.78 is 29.1. The number of anilines is 2. The van der Waals surface area contributed by atoms with E-state index in [2.05, 4.69) is 36.7 Å². The van der Waals surface area contributed by atoms with E-state index in [0.717, 1.165) is 49.3 Å². The Morgan fingerprint density at radius 3 is 2.40 bits per heavy atom. The average molecular weight is 566 g/mol. The number of aromatic nitrogens is 2. The van der Waals surface area contributed by atoms with Gasteiger partial charge >= 0.3 is 6.03 Å². The molecule has 3 N–H and O–H groups in total. The maximum atomic E-state index is 13.7. The first-order chi connectivity index (χ1) is 19.0. The number of aryl methyl sites for hydroxylation is 1. The first-order valence-corrected chi connectivity index (χ1v) is 16.0. The van der Waals surface area contributed by atoms with Gasteiger partial charge in [-0.05, 0) is 69.0 Å². The van der Waals surface area contributed by atoms with Crippen LogP contribution in [0.15, 0.2) is 54.6 Å². The Morgan fingerprint density at radius 1 is 1.07 bits per heavy atom. The van der Waals surface area contributed by atoms with E-state index >= 15 is 0 Å². The lowest BCUT2D eigenvalue weighted by Crippen LogP contribution is -2.35. The second-order valence-electron chi connectivity index (χ2n) is 11.8. The lowest BCUT2D eigenvalue weighted by Gasteiger charge is -2.32. The van der Waals surface area contributed by atoms with E-state index in [1.807, 2.05) is 62.4 Å². The summed E-state index contributed by atoms with van der Waals surface area (Å²) in [5.41, 5.74) is 3.77. The van der Waals surface area contributed by atoms with Crippen molar-refractivity contribution >= 4 is 27.4 Å². The Balaban J connectivity index is 1.65. The number of hydrogen-bond acceptors (Lipinski definition) is 5. The van der Waals surface area contributed by atoms with Crippen molar-refractivity contribution in [2.45, 2.75) is 71.0 Å². The third-order valence-electron chi connectivity index (χ3n) is 7.49. The molecule has 1 fully saturated rings. The molecule has 0 radical (unpaired) electrons. The lowest BCUT2D eigenvalue weighted by atomic mass is 9.89. The zero-order valence-corrected chi connectivity index (χ0v) is 25.1. The average Bonchev–Trinajstić information content (AvgIpc) is 3.34. The molecule has 216 valence electrons. The number of piperidine rings is 1. The molecule has 0 spiro atoms. The molecular weight excluding hydrogens is 522 g/mol. The van der Waals surface area contributed by atoms with Crippen LogP contribution in [0.3, 0.4) is 0 Å². The minimum atomic E-state index is -3.43. The third kappa shape index (κ3) is 7.12. The number of carbonyl (C=O) groups is 1. The maximum absolute atomic E-state index is 13.7. The smallest absolute Gasteiger partial charge is 0.317 e. The molecule has 1 aliphatic rings. The molecule has 1 saturated heterocycles. The van der Waals surface area contributed by atoms with Crippen LogP contribution >= 0.6 is 0 Å². The van der Waals surface area contributed by atoms with Crippen molar-refractivity contribution in [3.63, 3.8) is 0 Å². The minimum Gasteiger partial charge on any atom is -0.317 e. The Morgan fingerprint density at radius 2 is 1.75 bits per heavy atom. The predicted octanol–water partition coefficient (Wildman–Crippen LogP) is 6.38. The van der Waals surface area contributed by atoms with E-state index in [9.17, 15) is 13.2 Å². The fraction of sp³-hybridized carbons (Fsp3) is 0.484. The molecule has 0 saturated carbocycles. The highest BCUT2D eigenvalue weighted by Crippen LogP contribution is 2.40. The monoisotopic (exact) mass is 565 g/mol. The van der Waals surface area contributed by atoms with Crippen LogP contribution in [0.4, 0.5) is 16.3 Å². The van der Waals surface area contributed by atoms with Crippen LogP contribution in [0, 0.1) is 12.8 Å². The Hall–Kier alpha value is -3.17. The van der Waals surface area contributed by atoms with E-state index in [-0.39, 0.29) is 17.1 Å². The van der Waals surface area contributed by atoms with Crippen LogP contribution in [0.1, 0.15) is 75.4 Å². The summed E-state index contributed by atoms with van der Waals surface area (Å²) in [6.45, 7) is 11.8. The number of rotatable bonds is 9. The van der Waals surface area contributed by atoms with Crippen molar-refractivity contribution in [2.75, 3.05) is 29.5 Å². The topological polar surface area (TPSA) is 105 Å². The fourth-order valence-electron chi connectivity index (χ4n) is 5.21. The van der Waals surface area contributed by atoms with E-state index in [1.165, 1.54) is 0 Å². The molecule has 4 rings (SSSR count). The summed E-state index contributed by atoms with van der Waals surface area (Å²) in [7, 11) is -3.43. The number of para-hydroxylation sites is 1. The molecule has 1 unspecified atom stereocenters. The molecule has 3 aromatic rings. The summed E-state index contributed by atoms with van der Waals surface area (Å²) in [6.07, 6.45) is 2.99. The van der Waals surface area contributed by atoms with Gasteiger partial charge in [-0.1, -0.05) is 70.0 Å². The predicted molar refractivity (Wildman–Crippen MR) is 163 cm³/mol. The van der Waals surface area contributed by atoms with Gasteiger partial charge in [0.15, 0.2) is 9.84 Å². The van der Waals surface area contributed by atoms with Gasteiger partial charge in [-0.25, -0.2) is 17.9 Å². The van der Waals surface area contributed by atoms with Crippen LogP contribution in [-0.4, -0.2) is 43.1 Å². The maximum Gasteiger partial charge on any atom is 0.324 e. The van der Waals surface area contributed by atoms with Crippen LogP contribution in [0.5, 0.6) is 0 Å². The number of urea groups is 1. The van der Waals surface area contributed by atoms with Gasteiger partial charge in [0.05, 0.1) is 22.4 Å². The number of hydrogen-bond donors (Lipinski definition) is 3. The molecule has 0 aliphatic carbocycles. The van der Waals surface area contributed by atoms with Crippen LogP contribution in [0.2, 0.25) is 0 Å². The molecule has 2 heterocycles. The molecule has 2 aromatic carbocycles. The molecule has 9 heteroatoms. The number of nitrogens with one attached hydrogen (secondary N) is 3. The SMILES string of the molecule is CCCCS(=O)(=O)C(c1ccccc1NC(=O)Nc1cc(C(C)(C)C)nn1-c1ccc(C)cc1)C1CCNCC1. The number of amides is 2. The normalized spacial score (nSPS) is 15.5.